The lowest BCUT2D eigenvalue weighted by molar-refractivity contribution is 0.0521. The molecular formula is C14H16N4O2. The van der Waals surface area contributed by atoms with E-state index in [0.717, 1.165) is 0 Å². The molecule has 6 heteroatoms. The SMILES string of the molecule is CCOC(=O)c1nc(-c2ccc(N)c(C)n2)ccc1N. The first-order valence-corrected chi connectivity index (χ1v) is 6.20. The molecule has 0 aliphatic rings. The summed E-state index contributed by atoms with van der Waals surface area (Å²) in [7, 11) is 0. The normalized spacial score (nSPS) is 10.3. The van der Waals surface area contributed by atoms with Gasteiger partial charge in [0.25, 0.3) is 0 Å². The summed E-state index contributed by atoms with van der Waals surface area (Å²) >= 11 is 0. The minimum atomic E-state index is -0.543. The van der Waals surface area contributed by atoms with Crippen molar-refractivity contribution in [2.45, 2.75) is 13.8 Å². The first-order valence-electron chi connectivity index (χ1n) is 6.20. The fourth-order valence-electron chi connectivity index (χ4n) is 1.69. The standard InChI is InChI=1S/C14H16N4O2/c1-3-20-14(19)13-10(16)5-7-12(18-13)11-6-4-9(15)8(2)17-11/h4-7H,3,15-16H2,1-2H3. The second-order valence-electron chi connectivity index (χ2n) is 4.23. The summed E-state index contributed by atoms with van der Waals surface area (Å²) in [4.78, 5) is 20.3. The lowest BCUT2D eigenvalue weighted by Crippen LogP contribution is -2.11. The third-order valence-corrected chi connectivity index (χ3v) is 2.78. The van der Waals surface area contributed by atoms with Crippen molar-refractivity contribution < 1.29 is 9.53 Å². The van der Waals surface area contributed by atoms with Gasteiger partial charge < -0.3 is 16.2 Å². The van der Waals surface area contributed by atoms with Gasteiger partial charge in [-0.2, -0.15) is 0 Å². The van der Waals surface area contributed by atoms with E-state index >= 15 is 0 Å². The number of nitrogens with zero attached hydrogens (tertiary/aromatic N) is 2. The molecule has 0 amide bonds. The van der Waals surface area contributed by atoms with Crippen molar-refractivity contribution in [1.29, 1.82) is 0 Å². The fraction of sp³-hybridized carbons (Fsp3) is 0.214. The van der Waals surface area contributed by atoms with Crippen LogP contribution in [0, 0.1) is 6.92 Å². The molecule has 0 unspecified atom stereocenters. The Labute approximate surface area is 116 Å². The van der Waals surface area contributed by atoms with Gasteiger partial charge in [0.2, 0.25) is 0 Å². The number of nitrogen functional groups attached to an aromatic ring is 2. The second kappa shape index (κ2) is 5.56. The largest absolute Gasteiger partial charge is 0.461 e. The monoisotopic (exact) mass is 272 g/mol. The zero-order valence-electron chi connectivity index (χ0n) is 11.4. The maximum absolute atomic E-state index is 11.8. The zero-order valence-corrected chi connectivity index (χ0v) is 11.4. The van der Waals surface area contributed by atoms with Crippen molar-refractivity contribution in [3.8, 4) is 11.4 Å². The highest BCUT2D eigenvalue weighted by atomic mass is 16.5. The van der Waals surface area contributed by atoms with Crippen LogP contribution in [-0.2, 0) is 4.74 Å². The molecule has 0 radical (unpaired) electrons. The van der Waals surface area contributed by atoms with Crippen molar-refractivity contribution in [3.63, 3.8) is 0 Å². The average molecular weight is 272 g/mol. The van der Waals surface area contributed by atoms with Gasteiger partial charge in [0.15, 0.2) is 5.69 Å². The smallest absolute Gasteiger partial charge is 0.359 e. The van der Waals surface area contributed by atoms with E-state index in [1.54, 1.807) is 31.2 Å². The van der Waals surface area contributed by atoms with Gasteiger partial charge in [-0.25, -0.2) is 14.8 Å². The predicted octanol–water partition coefficient (Wildman–Crippen LogP) is 1.79. The third-order valence-electron chi connectivity index (χ3n) is 2.78. The average Bonchev–Trinajstić information content (AvgIpc) is 2.42. The number of aryl methyl sites for hydroxylation is 1. The van der Waals surface area contributed by atoms with Crippen LogP contribution in [0.4, 0.5) is 11.4 Å². The van der Waals surface area contributed by atoms with E-state index in [1.807, 2.05) is 6.92 Å². The second-order valence-corrected chi connectivity index (χ2v) is 4.23. The topological polar surface area (TPSA) is 104 Å². The van der Waals surface area contributed by atoms with E-state index in [2.05, 4.69) is 9.97 Å². The van der Waals surface area contributed by atoms with E-state index in [9.17, 15) is 4.79 Å². The Morgan fingerprint density at radius 3 is 2.30 bits per heavy atom. The fourth-order valence-corrected chi connectivity index (χ4v) is 1.69. The van der Waals surface area contributed by atoms with E-state index < -0.39 is 5.97 Å². The molecule has 0 aliphatic carbocycles. The highest BCUT2D eigenvalue weighted by Crippen LogP contribution is 2.21. The number of hydrogen-bond acceptors (Lipinski definition) is 6. The number of pyridine rings is 2. The molecule has 0 fully saturated rings. The van der Waals surface area contributed by atoms with Crippen LogP contribution >= 0.6 is 0 Å². The summed E-state index contributed by atoms with van der Waals surface area (Å²) < 4.78 is 4.92. The van der Waals surface area contributed by atoms with Gasteiger partial charge in [-0.05, 0) is 38.1 Å². The summed E-state index contributed by atoms with van der Waals surface area (Å²) in [6.07, 6.45) is 0. The van der Waals surface area contributed by atoms with Crippen LogP contribution in [0.2, 0.25) is 0 Å². The van der Waals surface area contributed by atoms with Crippen molar-refractivity contribution in [1.82, 2.24) is 9.97 Å². The summed E-state index contributed by atoms with van der Waals surface area (Å²) in [6, 6.07) is 6.81. The number of hydrogen-bond donors (Lipinski definition) is 2. The summed E-state index contributed by atoms with van der Waals surface area (Å²) in [5.41, 5.74) is 14.3. The molecule has 104 valence electrons. The number of aromatic nitrogens is 2. The van der Waals surface area contributed by atoms with Crippen molar-refractivity contribution in [3.05, 3.63) is 35.7 Å². The van der Waals surface area contributed by atoms with Crippen LogP contribution in [0.15, 0.2) is 24.3 Å². The number of nitrogens with two attached hydrogens (primary N) is 2. The lowest BCUT2D eigenvalue weighted by atomic mass is 10.2. The van der Waals surface area contributed by atoms with Gasteiger partial charge in [-0.15, -0.1) is 0 Å². The van der Waals surface area contributed by atoms with Crippen LogP contribution in [0.1, 0.15) is 23.1 Å². The number of rotatable bonds is 3. The molecule has 0 aromatic carbocycles. The number of anilines is 2. The predicted molar refractivity (Wildman–Crippen MR) is 77.0 cm³/mol. The summed E-state index contributed by atoms with van der Waals surface area (Å²) in [5, 5.41) is 0. The summed E-state index contributed by atoms with van der Waals surface area (Å²) in [5.74, 6) is -0.543. The number of esters is 1. The Balaban J connectivity index is 2.45. The molecule has 6 nitrogen and oxygen atoms in total. The molecule has 2 aromatic heterocycles. The number of carbonyl (C=O) groups is 1. The van der Waals surface area contributed by atoms with Gasteiger partial charge in [-0.3, -0.25) is 0 Å². The quantitative estimate of drug-likeness (QED) is 0.825. The molecule has 4 N–H and O–H groups in total. The van der Waals surface area contributed by atoms with Gasteiger partial charge in [0.1, 0.15) is 0 Å². The first kappa shape index (κ1) is 13.8. The van der Waals surface area contributed by atoms with Crippen LogP contribution in [0.5, 0.6) is 0 Å². The van der Waals surface area contributed by atoms with Crippen LogP contribution in [-0.4, -0.2) is 22.5 Å². The van der Waals surface area contributed by atoms with Crippen LogP contribution < -0.4 is 11.5 Å². The van der Waals surface area contributed by atoms with Crippen LogP contribution in [0.3, 0.4) is 0 Å². The lowest BCUT2D eigenvalue weighted by Gasteiger charge is -2.08. The maximum Gasteiger partial charge on any atom is 0.359 e. The van der Waals surface area contributed by atoms with Gasteiger partial charge in [-0.1, -0.05) is 0 Å². The van der Waals surface area contributed by atoms with E-state index in [-0.39, 0.29) is 18.0 Å². The molecule has 0 saturated carbocycles. The molecule has 0 aliphatic heterocycles. The Bertz CT molecular complexity index is 656. The molecule has 0 saturated heterocycles. The minimum Gasteiger partial charge on any atom is -0.461 e. The van der Waals surface area contributed by atoms with Crippen molar-refractivity contribution >= 4 is 17.3 Å². The molecule has 2 aromatic rings. The molecule has 20 heavy (non-hydrogen) atoms. The van der Waals surface area contributed by atoms with Gasteiger partial charge in [0, 0.05) is 0 Å². The first-order chi connectivity index (χ1) is 9.52. The number of carbonyl (C=O) groups excluding carboxylic acids is 1. The van der Waals surface area contributed by atoms with E-state index in [1.165, 1.54) is 0 Å². The van der Waals surface area contributed by atoms with Gasteiger partial charge in [0.05, 0.1) is 35.1 Å². The molecule has 2 rings (SSSR count). The highest BCUT2D eigenvalue weighted by molar-refractivity contribution is 5.93. The van der Waals surface area contributed by atoms with Crippen LogP contribution in [0.25, 0.3) is 11.4 Å². The Kier molecular flexibility index (Phi) is 3.84. The van der Waals surface area contributed by atoms with Crippen molar-refractivity contribution in [2.75, 3.05) is 18.1 Å². The molecule has 0 bridgehead atoms. The zero-order chi connectivity index (χ0) is 14.7. The van der Waals surface area contributed by atoms with E-state index in [4.69, 9.17) is 16.2 Å². The van der Waals surface area contributed by atoms with E-state index in [0.29, 0.717) is 22.8 Å². The van der Waals surface area contributed by atoms with Crippen molar-refractivity contribution in [2.24, 2.45) is 0 Å². The summed E-state index contributed by atoms with van der Waals surface area (Å²) in [6.45, 7) is 3.80. The Hall–Kier alpha value is -2.63. The third kappa shape index (κ3) is 2.69. The minimum absolute atomic E-state index is 0.0978. The molecule has 2 heterocycles. The number of ether oxygens (including phenoxy) is 1. The molecule has 0 spiro atoms. The Morgan fingerprint density at radius 2 is 1.70 bits per heavy atom. The maximum atomic E-state index is 11.8. The van der Waals surface area contributed by atoms with Gasteiger partial charge >= 0.3 is 5.97 Å². The highest BCUT2D eigenvalue weighted by Gasteiger charge is 2.15. The molecule has 0 atom stereocenters. The molecular weight excluding hydrogens is 256 g/mol. The Morgan fingerprint density at radius 1 is 1.10 bits per heavy atom.